The Kier molecular flexibility index (Phi) is 8.61. The maximum Gasteiger partial charge on any atom is 0.242 e. The summed E-state index contributed by atoms with van der Waals surface area (Å²) in [4.78, 5) is 27.1. The molecule has 2 rings (SSSR count). The van der Waals surface area contributed by atoms with Gasteiger partial charge in [-0.2, -0.15) is 0 Å². The van der Waals surface area contributed by atoms with E-state index in [1.807, 2.05) is 19.1 Å². The van der Waals surface area contributed by atoms with E-state index in [0.29, 0.717) is 32.7 Å². The summed E-state index contributed by atoms with van der Waals surface area (Å²) in [7, 11) is 0. The van der Waals surface area contributed by atoms with Crippen molar-refractivity contribution in [3.05, 3.63) is 68.7 Å². The first kappa shape index (κ1) is 22.5. The van der Waals surface area contributed by atoms with Crippen molar-refractivity contribution in [1.29, 1.82) is 0 Å². The van der Waals surface area contributed by atoms with E-state index >= 15 is 0 Å². The van der Waals surface area contributed by atoms with Gasteiger partial charge < -0.3 is 10.2 Å². The Hall–Kier alpha value is -1.75. The summed E-state index contributed by atoms with van der Waals surface area (Å²) in [6.45, 7) is 4.43. The molecule has 4 nitrogen and oxygen atoms in total. The first-order valence-corrected chi connectivity index (χ1v) is 10.2. The van der Waals surface area contributed by atoms with Crippen LogP contribution in [0.2, 0.25) is 15.1 Å². The van der Waals surface area contributed by atoms with Gasteiger partial charge in [-0.05, 0) is 42.7 Å². The lowest BCUT2D eigenvalue weighted by Crippen LogP contribution is -2.48. The number of hydrogen-bond donors (Lipinski definition) is 1. The fourth-order valence-electron chi connectivity index (χ4n) is 2.72. The molecule has 0 aliphatic heterocycles. The SMILES string of the molecule is CCCNC(=O)C(C)N(Cc1ccc(Cl)cc1Cl)C(=O)Cc1ccccc1Cl. The fraction of sp³-hybridized carbons (Fsp3) is 0.333. The number of nitrogens with one attached hydrogen (secondary N) is 1. The molecular formula is C21H23Cl3N2O2. The van der Waals surface area contributed by atoms with Crippen LogP contribution < -0.4 is 5.32 Å². The van der Waals surface area contributed by atoms with E-state index in [9.17, 15) is 9.59 Å². The van der Waals surface area contributed by atoms with Crippen LogP contribution in [-0.2, 0) is 22.6 Å². The molecule has 2 aromatic carbocycles. The van der Waals surface area contributed by atoms with Gasteiger partial charge in [0, 0.05) is 28.2 Å². The minimum absolute atomic E-state index is 0.0935. The summed E-state index contributed by atoms with van der Waals surface area (Å²) in [5.74, 6) is -0.419. The van der Waals surface area contributed by atoms with E-state index < -0.39 is 6.04 Å². The lowest BCUT2D eigenvalue weighted by molar-refractivity contribution is -0.140. The van der Waals surface area contributed by atoms with Crippen LogP contribution in [0.25, 0.3) is 0 Å². The first-order chi connectivity index (χ1) is 13.3. The van der Waals surface area contributed by atoms with Crippen molar-refractivity contribution in [2.24, 2.45) is 0 Å². The molecule has 1 N–H and O–H groups in total. The lowest BCUT2D eigenvalue weighted by Gasteiger charge is -2.29. The van der Waals surface area contributed by atoms with Crippen molar-refractivity contribution in [2.45, 2.75) is 39.3 Å². The van der Waals surface area contributed by atoms with Gasteiger partial charge in [0.05, 0.1) is 6.42 Å². The molecule has 1 unspecified atom stereocenters. The van der Waals surface area contributed by atoms with Gasteiger partial charge in [0.15, 0.2) is 0 Å². The Bertz CT molecular complexity index is 842. The van der Waals surface area contributed by atoms with Gasteiger partial charge >= 0.3 is 0 Å². The van der Waals surface area contributed by atoms with Crippen LogP contribution in [0.4, 0.5) is 0 Å². The number of nitrogens with zero attached hydrogens (tertiary/aromatic N) is 1. The molecule has 0 aliphatic rings. The molecule has 2 amide bonds. The third kappa shape index (κ3) is 6.13. The third-order valence-corrected chi connectivity index (χ3v) is 5.33. The largest absolute Gasteiger partial charge is 0.354 e. The van der Waals surface area contributed by atoms with Gasteiger partial charge in [0.25, 0.3) is 0 Å². The van der Waals surface area contributed by atoms with E-state index in [-0.39, 0.29) is 24.8 Å². The number of benzene rings is 2. The Labute approximate surface area is 180 Å². The molecular weight excluding hydrogens is 419 g/mol. The molecule has 0 radical (unpaired) electrons. The third-order valence-electron chi connectivity index (χ3n) is 4.37. The average molecular weight is 442 g/mol. The molecule has 28 heavy (non-hydrogen) atoms. The Morgan fingerprint density at radius 3 is 2.39 bits per heavy atom. The molecule has 150 valence electrons. The predicted octanol–water partition coefficient (Wildman–Crippen LogP) is 5.13. The Morgan fingerprint density at radius 1 is 1.04 bits per heavy atom. The lowest BCUT2D eigenvalue weighted by atomic mass is 10.1. The first-order valence-electron chi connectivity index (χ1n) is 9.08. The van der Waals surface area contributed by atoms with Gasteiger partial charge in [-0.1, -0.05) is 66.0 Å². The standard InChI is InChI=1S/C21H23Cl3N2O2/c1-3-10-25-21(28)14(2)26(13-16-8-9-17(22)12-19(16)24)20(27)11-15-6-4-5-7-18(15)23/h4-9,12,14H,3,10-11,13H2,1-2H3,(H,25,28). The predicted molar refractivity (Wildman–Crippen MR) is 115 cm³/mol. The van der Waals surface area contributed by atoms with Crippen LogP contribution in [0, 0.1) is 0 Å². The number of amides is 2. The molecule has 0 saturated carbocycles. The topological polar surface area (TPSA) is 49.4 Å². The minimum Gasteiger partial charge on any atom is -0.354 e. The molecule has 1 atom stereocenters. The number of carbonyl (C=O) groups is 2. The highest BCUT2D eigenvalue weighted by atomic mass is 35.5. The molecule has 0 saturated heterocycles. The summed E-state index contributed by atoms with van der Waals surface area (Å²) in [6, 6.07) is 11.6. The van der Waals surface area contributed by atoms with E-state index in [0.717, 1.165) is 6.42 Å². The molecule has 0 heterocycles. The highest BCUT2D eigenvalue weighted by Gasteiger charge is 2.27. The van der Waals surface area contributed by atoms with Gasteiger partial charge in [-0.15, -0.1) is 0 Å². The Morgan fingerprint density at radius 2 is 1.75 bits per heavy atom. The van der Waals surface area contributed by atoms with Crippen molar-refractivity contribution < 1.29 is 9.59 Å². The van der Waals surface area contributed by atoms with Gasteiger partial charge in [0.2, 0.25) is 11.8 Å². The highest BCUT2D eigenvalue weighted by molar-refractivity contribution is 6.35. The smallest absolute Gasteiger partial charge is 0.242 e. The second kappa shape index (κ2) is 10.7. The fourth-order valence-corrected chi connectivity index (χ4v) is 3.39. The number of rotatable bonds is 8. The molecule has 0 fully saturated rings. The van der Waals surface area contributed by atoms with E-state index in [2.05, 4.69) is 5.32 Å². The molecule has 0 aromatic heterocycles. The van der Waals surface area contributed by atoms with Crippen LogP contribution in [-0.4, -0.2) is 29.3 Å². The maximum absolute atomic E-state index is 13.1. The van der Waals surface area contributed by atoms with Gasteiger partial charge in [-0.3, -0.25) is 9.59 Å². The van der Waals surface area contributed by atoms with E-state index in [1.165, 1.54) is 4.90 Å². The minimum atomic E-state index is -0.659. The molecule has 0 bridgehead atoms. The molecule has 0 spiro atoms. The second-order valence-electron chi connectivity index (χ2n) is 6.49. The zero-order valence-electron chi connectivity index (χ0n) is 15.8. The molecule has 0 aliphatic carbocycles. The summed E-state index contributed by atoms with van der Waals surface area (Å²) in [6.07, 6.45) is 0.908. The van der Waals surface area contributed by atoms with E-state index in [1.54, 1.807) is 37.3 Å². The van der Waals surface area contributed by atoms with Gasteiger partial charge in [0.1, 0.15) is 6.04 Å². The summed E-state index contributed by atoms with van der Waals surface area (Å²) in [5, 5.41) is 4.32. The van der Waals surface area contributed by atoms with Crippen molar-refractivity contribution in [3.63, 3.8) is 0 Å². The van der Waals surface area contributed by atoms with E-state index in [4.69, 9.17) is 34.8 Å². The summed E-state index contributed by atoms with van der Waals surface area (Å²) < 4.78 is 0. The van der Waals surface area contributed by atoms with Crippen LogP contribution in [0.3, 0.4) is 0 Å². The maximum atomic E-state index is 13.1. The van der Waals surface area contributed by atoms with Crippen molar-refractivity contribution in [2.75, 3.05) is 6.54 Å². The van der Waals surface area contributed by atoms with Crippen molar-refractivity contribution in [1.82, 2.24) is 10.2 Å². The molecule has 7 heteroatoms. The summed E-state index contributed by atoms with van der Waals surface area (Å²) in [5.41, 5.74) is 1.43. The second-order valence-corrected chi connectivity index (χ2v) is 7.74. The average Bonchev–Trinajstić information content (AvgIpc) is 2.66. The number of halogens is 3. The highest BCUT2D eigenvalue weighted by Crippen LogP contribution is 2.24. The normalized spacial score (nSPS) is 11.8. The van der Waals surface area contributed by atoms with Crippen molar-refractivity contribution >= 4 is 46.6 Å². The Balaban J connectivity index is 2.27. The monoisotopic (exact) mass is 440 g/mol. The van der Waals surface area contributed by atoms with Crippen LogP contribution in [0.1, 0.15) is 31.4 Å². The van der Waals surface area contributed by atoms with Crippen molar-refractivity contribution in [3.8, 4) is 0 Å². The summed E-state index contributed by atoms with van der Waals surface area (Å²) >= 11 is 18.5. The van der Waals surface area contributed by atoms with Gasteiger partial charge in [-0.25, -0.2) is 0 Å². The number of hydrogen-bond acceptors (Lipinski definition) is 2. The molecule has 2 aromatic rings. The van der Waals surface area contributed by atoms with Crippen LogP contribution in [0.5, 0.6) is 0 Å². The number of carbonyl (C=O) groups excluding carboxylic acids is 2. The van der Waals surface area contributed by atoms with Crippen LogP contribution >= 0.6 is 34.8 Å². The van der Waals surface area contributed by atoms with Crippen LogP contribution in [0.15, 0.2) is 42.5 Å². The quantitative estimate of drug-likeness (QED) is 0.617. The zero-order chi connectivity index (χ0) is 20.7. The zero-order valence-corrected chi connectivity index (χ0v) is 18.1.